The summed E-state index contributed by atoms with van der Waals surface area (Å²) < 4.78 is 10.9. The van der Waals surface area contributed by atoms with Crippen LogP contribution in [0, 0.1) is 0 Å². The van der Waals surface area contributed by atoms with Crippen molar-refractivity contribution in [3.63, 3.8) is 0 Å². The summed E-state index contributed by atoms with van der Waals surface area (Å²) in [6, 6.07) is 8.62. The topological polar surface area (TPSA) is 21.8 Å². The Bertz CT molecular complexity index is 502. The molecule has 1 heterocycles. The van der Waals surface area contributed by atoms with Crippen molar-refractivity contribution in [1.29, 1.82) is 0 Å². The molecule has 2 rings (SSSR count). The van der Waals surface area contributed by atoms with Crippen molar-refractivity contribution in [2.24, 2.45) is 0 Å². The number of hydrogen-bond acceptors (Lipinski definition) is 2. The first-order chi connectivity index (χ1) is 13.9. The number of unbranched alkanes of at least 4 members (excludes halogenated alkanes) is 12. The van der Waals surface area contributed by atoms with E-state index < -0.39 is 0 Å². The second-order valence-electron chi connectivity index (χ2n) is 8.26. The number of rotatable bonds is 18. The van der Waals surface area contributed by atoms with Crippen molar-refractivity contribution < 1.29 is 9.47 Å². The van der Waals surface area contributed by atoms with Gasteiger partial charge in [0.25, 0.3) is 0 Å². The first-order valence-corrected chi connectivity index (χ1v) is 11.8. The van der Waals surface area contributed by atoms with E-state index in [9.17, 15) is 0 Å². The molecule has 0 aliphatic carbocycles. The summed E-state index contributed by atoms with van der Waals surface area (Å²) in [6.07, 6.45) is 24.1. The molecule has 0 bridgehead atoms. The second-order valence-corrected chi connectivity index (χ2v) is 8.26. The van der Waals surface area contributed by atoms with Gasteiger partial charge in [-0.1, -0.05) is 88.5 Å². The molecular weight excluding hydrogens is 344 g/mol. The predicted molar refractivity (Wildman–Crippen MR) is 120 cm³/mol. The van der Waals surface area contributed by atoms with Crippen LogP contribution in [0.1, 0.15) is 96.0 Å². The highest BCUT2D eigenvalue weighted by Gasteiger charge is 2.22. The van der Waals surface area contributed by atoms with Gasteiger partial charge in [-0.15, -0.1) is 0 Å². The van der Waals surface area contributed by atoms with Crippen molar-refractivity contribution in [2.75, 3.05) is 13.2 Å². The highest BCUT2D eigenvalue weighted by atomic mass is 16.6. The molecule has 158 valence electrons. The zero-order valence-electron chi connectivity index (χ0n) is 18.2. The Hall–Kier alpha value is -1.28. The second kappa shape index (κ2) is 15.6. The number of allylic oxidation sites excluding steroid dienone is 2. The average Bonchev–Trinajstić information content (AvgIpc) is 3.55. The van der Waals surface area contributed by atoms with E-state index >= 15 is 0 Å². The minimum atomic E-state index is 0.331. The fourth-order valence-corrected chi connectivity index (χ4v) is 3.63. The van der Waals surface area contributed by atoms with E-state index in [0.29, 0.717) is 12.7 Å². The van der Waals surface area contributed by atoms with Gasteiger partial charge in [-0.2, -0.15) is 0 Å². The quantitative estimate of drug-likeness (QED) is 0.147. The summed E-state index contributed by atoms with van der Waals surface area (Å²) in [4.78, 5) is 0. The molecule has 0 aromatic heterocycles. The van der Waals surface area contributed by atoms with Crippen molar-refractivity contribution >= 4 is 0 Å². The molecule has 0 N–H and O–H groups in total. The number of hydrogen-bond donors (Lipinski definition) is 0. The molecular formula is C26H42O2. The zero-order valence-corrected chi connectivity index (χ0v) is 18.2. The van der Waals surface area contributed by atoms with E-state index in [1.54, 1.807) is 0 Å². The van der Waals surface area contributed by atoms with Gasteiger partial charge in [-0.25, -0.2) is 0 Å². The lowest BCUT2D eigenvalue weighted by molar-refractivity contribution is 0.263. The summed E-state index contributed by atoms with van der Waals surface area (Å²) in [6.45, 7) is 3.66. The summed E-state index contributed by atoms with van der Waals surface area (Å²) in [5.74, 6) is 0.966. The smallest absolute Gasteiger partial charge is 0.119 e. The number of ether oxygens (including phenoxy) is 2. The van der Waals surface area contributed by atoms with E-state index in [-0.39, 0.29) is 0 Å². The van der Waals surface area contributed by atoms with E-state index in [1.807, 2.05) is 0 Å². The molecule has 1 aliphatic heterocycles. The third-order valence-corrected chi connectivity index (χ3v) is 5.58. The van der Waals surface area contributed by atoms with Gasteiger partial charge in [0.05, 0.1) is 6.61 Å². The van der Waals surface area contributed by atoms with Crippen LogP contribution >= 0.6 is 0 Å². The molecule has 1 unspecified atom stereocenters. The van der Waals surface area contributed by atoms with Gasteiger partial charge in [-0.3, -0.25) is 0 Å². The molecule has 2 heteroatoms. The minimum absolute atomic E-state index is 0.331. The van der Waals surface area contributed by atoms with Gasteiger partial charge in [0.15, 0.2) is 0 Å². The maximum atomic E-state index is 5.69. The van der Waals surface area contributed by atoms with Crippen LogP contribution < -0.4 is 4.74 Å². The molecule has 0 amide bonds. The van der Waals surface area contributed by atoms with Crippen LogP contribution in [-0.4, -0.2) is 19.3 Å². The molecule has 0 radical (unpaired) electrons. The monoisotopic (exact) mass is 386 g/mol. The molecule has 1 aromatic carbocycles. The van der Waals surface area contributed by atoms with Gasteiger partial charge in [0.2, 0.25) is 0 Å². The van der Waals surface area contributed by atoms with E-state index in [2.05, 4.69) is 43.3 Å². The Morgan fingerprint density at radius 3 is 1.89 bits per heavy atom. The largest absolute Gasteiger partial charge is 0.491 e. The van der Waals surface area contributed by atoms with Crippen LogP contribution in [0.25, 0.3) is 0 Å². The Kier molecular flexibility index (Phi) is 12.8. The predicted octanol–water partition coefficient (Wildman–Crippen LogP) is 7.65. The SMILES string of the molecule is C/C=C/CCCCCCCCCCCCCCc1ccc(OCC2CO2)cc1. The normalized spacial score (nSPS) is 16.0. The lowest BCUT2D eigenvalue weighted by Gasteiger charge is -2.06. The Morgan fingerprint density at radius 1 is 0.821 bits per heavy atom. The van der Waals surface area contributed by atoms with Crippen molar-refractivity contribution in [3.8, 4) is 5.75 Å². The number of epoxide rings is 1. The number of aryl methyl sites for hydroxylation is 1. The minimum Gasteiger partial charge on any atom is -0.491 e. The summed E-state index contributed by atoms with van der Waals surface area (Å²) in [5, 5.41) is 0. The van der Waals surface area contributed by atoms with Crippen LogP contribution in [0.5, 0.6) is 5.75 Å². The lowest BCUT2D eigenvalue weighted by Crippen LogP contribution is -2.03. The molecule has 0 spiro atoms. The van der Waals surface area contributed by atoms with E-state index in [0.717, 1.165) is 12.4 Å². The first-order valence-electron chi connectivity index (χ1n) is 11.8. The van der Waals surface area contributed by atoms with Crippen LogP contribution in [0.2, 0.25) is 0 Å². The molecule has 1 fully saturated rings. The lowest BCUT2D eigenvalue weighted by atomic mass is 10.0. The Labute approximate surface area is 173 Å². The van der Waals surface area contributed by atoms with Crippen molar-refractivity contribution in [3.05, 3.63) is 42.0 Å². The van der Waals surface area contributed by atoms with Crippen LogP contribution in [0.4, 0.5) is 0 Å². The summed E-state index contributed by atoms with van der Waals surface area (Å²) in [5.41, 5.74) is 1.43. The van der Waals surface area contributed by atoms with Crippen LogP contribution in [0.15, 0.2) is 36.4 Å². The van der Waals surface area contributed by atoms with Gasteiger partial charge in [-0.05, 0) is 50.3 Å². The fourth-order valence-electron chi connectivity index (χ4n) is 3.63. The summed E-state index contributed by atoms with van der Waals surface area (Å²) in [7, 11) is 0. The van der Waals surface area contributed by atoms with E-state index in [1.165, 1.54) is 95.5 Å². The third kappa shape index (κ3) is 12.2. The maximum absolute atomic E-state index is 5.69. The molecule has 1 saturated heterocycles. The summed E-state index contributed by atoms with van der Waals surface area (Å²) >= 11 is 0. The Morgan fingerprint density at radius 2 is 1.36 bits per heavy atom. The van der Waals surface area contributed by atoms with Gasteiger partial charge < -0.3 is 9.47 Å². The highest BCUT2D eigenvalue weighted by Crippen LogP contribution is 2.18. The van der Waals surface area contributed by atoms with Crippen molar-refractivity contribution in [2.45, 2.75) is 103 Å². The van der Waals surface area contributed by atoms with Crippen molar-refractivity contribution in [1.82, 2.24) is 0 Å². The van der Waals surface area contributed by atoms with E-state index in [4.69, 9.17) is 9.47 Å². The first kappa shape index (κ1) is 23.0. The molecule has 1 aromatic rings. The molecule has 2 nitrogen and oxygen atoms in total. The standard InChI is InChI=1S/C26H42O2/c1-2-3-4-5-6-7-8-9-10-11-12-13-14-15-16-17-24-18-20-25(21-19-24)27-22-26-23-28-26/h2-3,18-21,26H,4-17,22-23H2,1H3/b3-2+. The average molecular weight is 387 g/mol. The number of benzene rings is 1. The highest BCUT2D eigenvalue weighted by molar-refractivity contribution is 5.27. The van der Waals surface area contributed by atoms with Gasteiger partial charge >= 0.3 is 0 Å². The molecule has 1 aliphatic rings. The zero-order chi connectivity index (χ0) is 19.7. The van der Waals surface area contributed by atoms with Crippen LogP contribution in [-0.2, 0) is 11.2 Å². The third-order valence-electron chi connectivity index (χ3n) is 5.58. The molecule has 1 atom stereocenters. The molecule has 0 saturated carbocycles. The maximum Gasteiger partial charge on any atom is 0.119 e. The Balaban J connectivity index is 1.32. The van der Waals surface area contributed by atoms with Gasteiger partial charge in [0, 0.05) is 0 Å². The van der Waals surface area contributed by atoms with Crippen LogP contribution in [0.3, 0.4) is 0 Å². The fraction of sp³-hybridized carbons (Fsp3) is 0.692. The molecule has 28 heavy (non-hydrogen) atoms. The van der Waals surface area contributed by atoms with Gasteiger partial charge in [0.1, 0.15) is 18.5 Å².